The zero-order valence-corrected chi connectivity index (χ0v) is 10.00. The maximum absolute atomic E-state index is 11.6. The Hall–Kier alpha value is -2.36. The molecule has 0 saturated carbocycles. The lowest BCUT2D eigenvalue weighted by atomic mass is 10.2. The van der Waals surface area contributed by atoms with Gasteiger partial charge in [-0.15, -0.1) is 0 Å². The zero-order valence-electron chi connectivity index (χ0n) is 10.00. The summed E-state index contributed by atoms with van der Waals surface area (Å²) >= 11 is 0. The summed E-state index contributed by atoms with van der Waals surface area (Å²) in [5, 5.41) is 0. The van der Waals surface area contributed by atoms with Crippen molar-refractivity contribution >= 4 is 5.97 Å². The summed E-state index contributed by atoms with van der Waals surface area (Å²) in [5.74, 6) is 0.912. The lowest BCUT2D eigenvalue weighted by Gasteiger charge is -2.07. The van der Waals surface area contributed by atoms with Crippen molar-refractivity contribution in [3.8, 4) is 11.5 Å². The molecule has 18 heavy (non-hydrogen) atoms. The standard InChI is InChI=1S/C14H13NO3/c1-2-17-14(16)11-4-3-5-13(10-11)18-12-6-8-15-9-7-12/h3-10H,2H2,1H3. The van der Waals surface area contributed by atoms with Crippen LogP contribution in [-0.2, 0) is 4.74 Å². The first-order valence-corrected chi connectivity index (χ1v) is 5.64. The summed E-state index contributed by atoms with van der Waals surface area (Å²) in [5.41, 5.74) is 0.475. The SMILES string of the molecule is CCOC(=O)c1cccc(Oc2ccncc2)c1. The number of hydrogen-bond donors (Lipinski definition) is 0. The molecule has 0 amide bonds. The van der Waals surface area contributed by atoms with E-state index in [2.05, 4.69) is 4.98 Å². The summed E-state index contributed by atoms with van der Waals surface area (Å²) in [6.07, 6.45) is 3.29. The van der Waals surface area contributed by atoms with Crippen LogP contribution in [0.15, 0.2) is 48.8 Å². The van der Waals surface area contributed by atoms with Crippen LogP contribution in [0.5, 0.6) is 11.5 Å². The molecule has 2 aromatic rings. The van der Waals surface area contributed by atoms with Crippen molar-refractivity contribution < 1.29 is 14.3 Å². The van der Waals surface area contributed by atoms with Gasteiger partial charge in [-0.2, -0.15) is 0 Å². The molecule has 0 aliphatic carbocycles. The van der Waals surface area contributed by atoms with Crippen LogP contribution in [0.25, 0.3) is 0 Å². The van der Waals surface area contributed by atoms with Crippen LogP contribution in [0.1, 0.15) is 17.3 Å². The zero-order chi connectivity index (χ0) is 12.8. The normalized spacial score (nSPS) is 9.83. The number of carbonyl (C=O) groups is 1. The lowest BCUT2D eigenvalue weighted by molar-refractivity contribution is 0.0526. The van der Waals surface area contributed by atoms with Crippen molar-refractivity contribution in [2.24, 2.45) is 0 Å². The Morgan fingerprint density at radius 1 is 1.17 bits per heavy atom. The van der Waals surface area contributed by atoms with Crippen LogP contribution in [0.3, 0.4) is 0 Å². The number of hydrogen-bond acceptors (Lipinski definition) is 4. The molecule has 2 rings (SSSR count). The molecule has 0 bridgehead atoms. The van der Waals surface area contributed by atoms with Gasteiger partial charge in [0.2, 0.25) is 0 Å². The summed E-state index contributed by atoms with van der Waals surface area (Å²) in [7, 11) is 0. The minimum Gasteiger partial charge on any atom is -0.462 e. The highest BCUT2D eigenvalue weighted by Crippen LogP contribution is 2.21. The van der Waals surface area contributed by atoms with Crippen molar-refractivity contribution in [1.82, 2.24) is 4.98 Å². The van der Waals surface area contributed by atoms with Gasteiger partial charge in [0.05, 0.1) is 12.2 Å². The van der Waals surface area contributed by atoms with Crippen molar-refractivity contribution in [2.45, 2.75) is 6.92 Å². The number of esters is 1. The van der Waals surface area contributed by atoms with Gasteiger partial charge >= 0.3 is 5.97 Å². The van der Waals surface area contributed by atoms with E-state index in [1.54, 1.807) is 55.7 Å². The molecule has 1 aromatic heterocycles. The van der Waals surface area contributed by atoms with Gasteiger partial charge in [0, 0.05) is 12.4 Å². The molecule has 0 unspecified atom stereocenters. The average molecular weight is 243 g/mol. The number of carbonyl (C=O) groups excluding carboxylic acids is 1. The summed E-state index contributed by atoms with van der Waals surface area (Å²) < 4.78 is 10.5. The Morgan fingerprint density at radius 3 is 2.67 bits per heavy atom. The third-order valence-electron chi connectivity index (χ3n) is 2.23. The van der Waals surface area contributed by atoms with Crippen molar-refractivity contribution in [3.05, 3.63) is 54.4 Å². The first kappa shape index (κ1) is 12.1. The molecule has 0 spiro atoms. The molecular weight excluding hydrogens is 230 g/mol. The van der Waals surface area contributed by atoms with Gasteiger partial charge in [-0.25, -0.2) is 4.79 Å². The number of nitrogens with zero attached hydrogens (tertiary/aromatic N) is 1. The van der Waals surface area contributed by atoms with Gasteiger partial charge in [0.15, 0.2) is 0 Å². The maximum Gasteiger partial charge on any atom is 0.338 e. The maximum atomic E-state index is 11.6. The molecule has 4 heteroatoms. The Morgan fingerprint density at radius 2 is 1.94 bits per heavy atom. The Kier molecular flexibility index (Phi) is 3.91. The van der Waals surface area contributed by atoms with E-state index in [9.17, 15) is 4.79 Å². The first-order valence-electron chi connectivity index (χ1n) is 5.64. The molecule has 0 atom stereocenters. The molecule has 0 aliphatic rings. The highest BCUT2D eigenvalue weighted by atomic mass is 16.5. The van der Waals surface area contributed by atoms with Crippen molar-refractivity contribution in [3.63, 3.8) is 0 Å². The summed E-state index contributed by atoms with van der Waals surface area (Å²) in [4.78, 5) is 15.5. The first-order chi connectivity index (χ1) is 8.79. The van der Waals surface area contributed by atoms with Crippen LogP contribution in [0, 0.1) is 0 Å². The van der Waals surface area contributed by atoms with E-state index in [4.69, 9.17) is 9.47 Å². The lowest BCUT2D eigenvalue weighted by Crippen LogP contribution is -2.04. The van der Waals surface area contributed by atoms with E-state index in [1.807, 2.05) is 0 Å². The van der Waals surface area contributed by atoms with Gasteiger partial charge in [-0.3, -0.25) is 4.98 Å². The minimum absolute atomic E-state index is 0.349. The Bertz CT molecular complexity index is 526. The molecule has 0 N–H and O–H groups in total. The number of rotatable bonds is 4. The van der Waals surface area contributed by atoms with Crippen LogP contribution in [0.4, 0.5) is 0 Å². The highest BCUT2D eigenvalue weighted by Gasteiger charge is 2.07. The molecule has 0 radical (unpaired) electrons. The number of pyridine rings is 1. The quantitative estimate of drug-likeness (QED) is 0.774. The third-order valence-corrected chi connectivity index (χ3v) is 2.23. The summed E-state index contributed by atoms with van der Waals surface area (Å²) in [6, 6.07) is 10.4. The van der Waals surface area contributed by atoms with E-state index in [1.165, 1.54) is 0 Å². The second-order valence-corrected chi connectivity index (χ2v) is 3.53. The van der Waals surface area contributed by atoms with Gasteiger partial charge in [-0.1, -0.05) is 6.07 Å². The number of benzene rings is 1. The smallest absolute Gasteiger partial charge is 0.338 e. The van der Waals surface area contributed by atoms with Gasteiger partial charge in [0.1, 0.15) is 11.5 Å². The molecule has 1 aromatic carbocycles. The van der Waals surface area contributed by atoms with Gasteiger partial charge in [-0.05, 0) is 37.3 Å². The number of aromatic nitrogens is 1. The largest absolute Gasteiger partial charge is 0.462 e. The van der Waals surface area contributed by atoms with E-state index < -0.39 is 0 Å². The third kappa shape index (κ3) is 3.07. The molecule has 0 aliphatic heterocycles. The predicted molar refractivity (Wildman–Crippen MR) is 66.7 cm³/mol. The molecule has 1 heterocycles. The minimum atomic E-state index is -0.349. The molecule has 92 valence electrons. The van der Waals surface area contributed by atoms with E-state index in [-0.39, 0.29) is 5.97 Å². The average Bonchev–Trinajstić information content (AvgIpc) is 2.40. The predicted octanol–water partition coefficient (Wildman–Crippen LogP) is 3.05. The highest BCUT2D eigenvalue weighted by molar-refractivity contribution is 5.89. The fourth-order valence-corrected chi connectivity index (χ4v) is 1.44. The second kappa shape index (κ2) is 5.82. The fraction of sp³-hybridized carbons (Fsp3) is 0.143. The Balaban J connectivity index is 2.15. The van der Waals surface area contributed by atoms with Gasteiger partial charge < -0.3 is 9.47 Å². The van der Waals surface area contributed by atoms with E-state index >= 15 is 0 Å². The molecule has 4 nitrogen and oxygen atoms in total. The monoisotopic (exact) mass is 243 g/mol. The molecular formula is C14H13NO3. The fourth-order valence-electron chi connectivity index (χ4n) is 1.44. The van der Waals surface area contributed by atoms with Crippen LogP contribution < -0.4 is 4.74 Å². The van der Waals surface area contributed by atoms with Gasteiger partial charge in [0.25, 0.3) is 0 Å². The topological polar surface area (TPSA) is 48.4 Å². The number of ether oxygens (including phenoxy) is 2. The van der Waals surface area contributed by atoms with Crippen LogP contribution in [-0.4, -0.2) is 17.6 Å². The van der Waals surface area contributed by atoms with E-state index in [0.29, 0.717) is 23.7 Å². The molecule has 0 saturated heterocycles. The Labute approximate surface area is 105 Å². The van der Waals surface area contributed by atoms with Crippen LogP contribution in [0.2, 0.25) is 0 Å². The molecule has 0 fully saturated rings. The van der Waals surface area contributed by atoms with Crippen molar-refractivity contribution in [2.75, 3.05) is 6.61 Å². The summed E-state index contributed by atoms with van der Waals surface area (Å²) in [6.45, 7) is 2.13. The van der Waals surface area contributed by atoms with E-state index in [0.717, 1.165) is 0 Å². The van der Waals surface area contributed by atoms with Crippen LogP contribution >= 0.6 is 0 Å². The second-order valence-electron chi connectivity index (χ2n) is 3.53. The van der Waals surface area contributed by atoms with Crippen molar-refractivity contribution in [1.29, 1.82) is 0 Å².